The Hall–Kier alpha value is -0.880. The van der Waals surface area contributed by atoms with E-state index in [2.05, 4.69) is 25.9 Å². The Morgan fingerprint density at radius 3 is 2.67 bits per heavy atom. The largest absolute Gasteiger partial charge is 0.492 e. The fourth-order valence-electron chi connectivity index (χ4n) is 1.16. The van der Waals surface area contributed by atoms with Crippen LogP contribution in [-0.4, -0.2) is 21.7 Å². The fourth-order valence-corrected chi connectivity index (χ4v) is 1.35. The molecule has 1 rings (SSSR count). The maximum absolute atomic E-state index is 11.4. The quantitative estimate of drug-likeness (QED) is 0.878. The second-order valence-corrected chi connectivity index (χ2v) is 4.29. The maximum atomic E-state index is 11.4. The normalized spacial score (nSPS) is 11.7. The number of aromatic hydroxyl groups is 1. The highest BCUT2D eigenvalue weighted by Gasteiger charge is 2.25. The van der Waals surface area contributed by atoms with Crippen molar-refractivity contribution in [2.45, 2.75) is 26.4 Å². The van der Waals surface area contributed by atoms with Crippen molar-refractivity contribution in [2.24, 2.45) is 0 Å². The molecule has 0 aliphatic heterocycles. The SMILES string of the molecule is CCOC(C)(C)c1nc(O)c(Br)c(=O)[nH]1. The molecule has 0 bridgehead atoms. The molecule has 0 unspecified atom stereocenters. The monoisotopic (exact) mass is 276 g/mol. The highest BCUT2D eigenvalue weighted by molar-refractivity contribution is 9.10. The van der Waals surface area contributed by atoms with Crippen molar-refractivity contribution < 1.29 is 9.84 Å². The fraction of sp³-hybridized carbons (Fsp3) is 0.556. The van der Waals surface area contributed by atoms with Crippen LogP contribution in [0.5, 0.6) is 5.88 Å². The van der Waals surface area contributed by atoms with E-state index in [1.165, 1.54) is 0 Å². The first-order chi connectivity index (χ1) is 6.88. The summed E-state index contributed by atoms with van der Waals surface area (Å²) >= 11 is 2.92. The van der Waals surface area contributed by atoms with E-state index in [-0.39, 0.29) is 10.4 Å². The minimum absolute atomic E-state index is 0.0264. The van der Waals surface area contributed by atoms with Crippen LogP contribution in [0.25, 0.3) is 0 Å². The van der Waals surface area contributed by atoms with Gasteiger partial charge in [-0.2, -0.15) is 4.98 Å². The van der Waals surface area contributed by atoms with Crippen molar-refractivity contribution in [1.29, 1.82) is 0 Å². The molecular weight excluding hydrogens is 264 g/mol. The zero-order chi connectivity index (χ0) is 11.6. The first-order valence-electron chi connectivity index (χ1n) is 4.51. The Kier molecular flexibility index (Phi) is 3.51. The van der Waals surface area contributed by atoms with E-state index in [0.29, 0.717) is 12.4 Å². The molecule has 84 valence electrons. The summed E-state index contributed by atoms with van der Waals surface area (Å²) in [4.78, 5) is 17.7. The average Bonchev–Trinajstić information content (AvgIpc) is 2.13. The molecule has 15 heavy (non-hydrogen) atoms. The first-order valence-corrected chi connectivity index (χ1v) is 5.31. The van der Waals surface area contributed by atoms with E-state index in [4.69, 9.17) is 4.74 Å². The van der Waals surface area contributed by atoms with Gasteiger partial charge in [-0.1, -0.05) is 0 Å². The number of nitrogens with one attached hydrogen (secondary N) is 1. The van der Waals surface area contributed by atoms with Crippen molar-refractivity contribution in [3.05, 3.63) is 20.7 Å². The lowest BCUT2D eigenvalue weighted by Crippen LogP contribution is -2.28. The summed E-state index contributed by atoms with van der Waals surface area (Å²) in [5, 5.41) is 9.38. The van der Waals surface area contributed by atoms with Crippen molar-refractivity contribution in [3.8, 4) is 5.88 Å². The summed E-state index contributed by atoms with van der Waals surface area (Å²) in [6.07, 6.45) is 0. The molecule has 0 aliphatic rings. The van der Waals surface area contributed by atoms with Gasteiger partial charge < -0.3 is 14.8 Å². The third-order valence-electron chi connectivity index (χ3n) is 1.92. The summed E-state index contributed by atoms with van der Waals surface area (Å²) in [6, 6.07) is 0. The van der Waals surface area contributed by atoms with Crippen molar-refractivity contribution in [3.63, 3.8) is 0 Å². The Morgan fingerprint density at radius 1 is 1.60 bits per heavy atom. The summed E-state index contributed by atoms with van der Waals surface area (Å²) < 4.78 is 5.43. The number of nitrogens with zero attached hydrogens (tertiary/aromatic N) is 1. The number of halogens is 1. The lowest BCUT2D eigenvalue weighted by molar-refractivity contribution is -0.0214. The van der Waals surface area contributed by atoms with Gasteiger partial charge in [0, 0.05) is 6.61 Å². The third kappa shape index (κ3) is 2.57. The molecule has 0 saturated carbocycles. The van der Waals surface area contributed by atoms with E-state index in [1.807, 2.05) is 6.92 Å². The van der Waals surface area contributed by atoms with Gasteiger partial charge >= 0.3 is 0 Å². The number of H-pyrrole nitrogens is 1. The van der Waals surface area contributed by atoms with Crippen LogP contribution >= 0.6 is 15.9 Å². The summed E-state index contributed by atoms with van der Waals surface area (Å²) in [5.74, 6) is -0.0309. The predicted octanol–water partition coefficient (Wildman–Crippen LogP) is 1.51. The maximum Gasteiger partial charge on any atom is 0.269 e. The summed E-state index contributed by atoms with van der Waals surface area (Å²) in [5.41, 5.74) is -1.16. The second-order valence-electron chi connectivity index (χ2n) is 3.50. The van der Waals surface area contributed by atoms with E-state index < -0.39 is 11.2 Å². The van der Waals surface area contributed by atoms with Crippen LogP contribution in [-0.2, 0) is 10.3 Å². The molecule has 0 aromatic carbocycles. The number of rotatable bonds is 3. The van der Waals surface area contributed by atoms with Gasteiger partial charge in [0.25, 0.3) is 5.56 Å². The molecule has 0 atom stereocenters. The van der Waals surface area contributed by atoms with Gasteiger partial charge in [-0.05, 0) is 36.7 Å². The Morgan fingerprint density at radius 2 is 2.20 bits per heavy atom. The third-order valence-corrected chi connectivity index (χ3v) is 2.64. The highest BCUT2D eigenvalue weighted by atomic mass is 79.9. The van der Waals surface area contributed by atoms with Gasteiger partial charge in [-0.15, -0.1) is 0 Å². The molecule has 0 saturated heterocycles. The molecule has 5 nitrogen and oxygen atoms in total. The van der Waals surface area contributed by atoms with Crippen LogP contribution in [0, 0.1) is 0 Å². The molecule has 1 aromatic rings. The van der Waals surface area contributed by atoms with Gasteiger partial charge in [-0.25, -0.2) is 0 Å². The number of aromatic amines is 1. The second kappa shape index (κ2) is 4.32. The lowest BCUT2D eigenvalue weighted by Gasteiger charge is -2.23. The Balaban J connectivity index is 3.22. The molecule has 0 fully saturated rings. The Labute approximate surface area is 95.6 Å². The van der Waals surface area contributed by atoms with Crippen LogP contribution in [0.1, 0.15) is 26.6 Å². The van der Waals surface area contributed by atoms with Crippen molar-refractivity contribution in [1.82, 2.24) is 9.97 Å². The number of hydrogen-bond donors (Lipinski definition) is 2. The van der Waals surface area contributed by atoms with Gasteiger partial charge in [0.05, 0.1) is 0 Å². The summed E-state index contributed by atoms with van der Waals surface area (Å²) in [7, 11) is 0. The van der Waals surface area contributed by atoms with Crippen LogP contribution in [0.2, 0.25) is 0 Å². The van der Waals surface area contributed by atoms with Crippen LogP contribution in [0.15, 0.2) is 9.27 Å². The molecule has 0 radical (unpaired) electrons. The molecule has 0 amide bonds. The topological polar surface area (TPSA) is 75.2 Å². The molecule has 0 spiro atoms. The predicted molar refractivity (Wildman–Crippen MR) is 58.9 cm³/mol. The minimum atomic E-state index is -0.730. The van der Waals surface area contributed by atoms with E-state index >= 15 is 0 Å². The Bertz CT molecular complexity index is 414. The zero-order valence-corrected chi connectivity index (χ0v) is 10.4. The van der Waals surface area contributed by atoms with Crippen molar-refractivity contribution >= 4 is 15.9 Å². The van der Waals surface area contributed by atoms with E-state index in [1.54, 1.807) is 13.8 Å². The van der Waals surface area contributed by atoms with E-state index in [0.717, 1.165) is 0 Å². The molecule has 2 N–H and O–H groups in total. The number of hydrogen-bond acceptors (Lipinski definition) is 4. The molecule has 1 aromatic heterocycles. The van der Waals surface area contributed by atoms with Crippen molar-refractivity contribution in [2.75, 3.05) is 6.61 Å². The molecule has 1 heterocycles. The standard InChI is InChI=1S/C9H13BrN2O3/c1-4-15-9(2,3)8-11-6(13)5(10)7(14)12-8/h4H2,1-3H3,(H2,11,12,13,14). The smallest absolute Gasteiger partial charge is 0.269 e. The van der Waals surface area contributed by atoms with Gasteiger partial charge in [0.2, 0.25) is 5.88 Å². The van der Waals surface area contributed by atoms with Crippen LogP contribution in [0.4, 0.5) is 0 Å². The summed E-state index contributed by atoms with van der Waals surface area (Å²) in [6.45, 7) is 5.87. The molecule has 6 heteroatoms. The molecule has 0 aliphatic carbocycles. The van der Waals surface area contributed by atoms with Crippen LogP contribution in [0.3, 0.4) is 0 Å². The minimum Gasteiger partial charge on any atom is -0.492 e. The number of ether oxygens (including phenoxy) is 1. The highest BCUT2D eigenvalue weighted by Crippen LogP contribution is 2.23. The average molecular weight is 277 g/mol. The van der Waals surface area contributed by atoms with Gasteiger partial charge in [-0.3, -0.25) is 4.79 Å². The van der Waals surface area contributed by atoms with Gasteiger partial charge in [0.1, 0.15) is 15.9 Å². The van der Waals surface area contributed by atoms with Gasteiger partial charge in [0.15, 0.2) is 0 Å². The van der Waals surface area contributed by atoms with Crippen LogP contribution < -0.4 is 5.56 Å². The first kappa shape index (κ1) is 12.2. The molecular formula is C9H13BrN2O3. The zero-order valence-electron chi connectivity index (χ0n) is 8.80. The number of aromatic nitrogens is 2. The lowest BCUT2D eigenvalue weighted by atomic mass is 10.1. The van der Waals surface area contributed by atoms with E-state index in [9.17, 15) is 9.90 Å².